The maximum absolute atomic E-state index is 13.0. The molecule has 0 aliphatic carbocycles. The van der Waals surface area contributed by atoms with Crippen molar-refractivity contribution in [2.24, 2.45) is 0 Å². The number of ether oxygens (including phenoxy) is 1. The van der Waals surface area contributed by atoms with E-state index in [-0.39, 0.29) is 11.3 Å². The number of hydrogen-bond donors (Lipinski definition) is 2. The number of imidazole rings is 1. The highest BCUT2D eigenvalue weighted by molar-refractivity contribution is 7.92. The standard InChI is InChI=1S/C30H26ClN3O5S/c31-22-12-15-26(16-13-22)40(37,38)33-23-9-6-10-24(19-23)34-28-20-25(39-18-5-4-11-29(35)36)14-17-27(28)32-30(34)21-7-2-1-3-8-21/h1-3,6-10,12-17,19-20,33H,4-5,11,18H2,(H,35,36). The lowest BCUT2D eigenvalue weighted by Gasteiger charge is -2.13. The van der Waals surface area contributed by atoms with E-state index in [1.165, 1.54) is 24.3 Å². The van der Waals surface area contributed by atoms with Crippen molar-refractivity contribution in [3.05, 3.63) is 102 Å². The van der Waals surface area contributed by atoms with Crippen LogP contribution in [0.2, 0.25) is 5.02 Å². The van der Waals surface area contributed by atoms with Gasteiger partial charge >= 0.3 is 5.97 Å². The van der Waals surface area contributed by atoms with Crippen LogP contribution in [0.5, 0.6) is 5.75 Å². The molecule has 1 aromatic heterocycles. The molecule has 0 aliphatic rings. The van der Waals surface area contributed by atoms with E-state index in [1.807, 2.05) is 59.2 Å². The van der Waals surface area contributed by atoms with Crippen LogP contribution >= 0.6 is 11.6 Å². The van der Waals surface area contributed by atoms with Crippen LogP contribution < -0.4 is 9.46 Å². The third-order valence-electron chi connectivity index (χ3n) is 6.19. The Kier molecular flexibility index (Phi) is 8.04. The Bertz CT molecular complexity index is 1750. The molecular weight excluding hydrogens is 550 g/mol. The van der Waals surface area contributed by atoms with Crippen molar-refractivity contribution >= 4 is 44.3 Å². The van der Waals surface area contributed by atoms with Gasteiger partial charge in [-0.2, -0.15) is 0 Å². The number of unbranched alkanes of at least 4 members (excludes halogenated alkanes) is 1. The van der Waals surface area contributed by atoms with Crippen molar-refractivity contribution in [1.82, 2.24) is 9.55 Å². The Balaban J connectivity index is 1.51. The van der Waals surface area contributed by atoms with Gasteiger partial charge in [0.1, 0.15) is 11.6 Å². The summed E-state index contributed by atoms with van der Waals surface area (Å²) in [6.45, 7) is 0.389. The Morgan fingerprint density at radius 3 is 2.45 bits per heavy atom. The molecule has 0 amide bonds. The smallest absolute Gasteiger partial charge is 0.303 e. The van der Waals surface area contributed by atoms with Crippen LogP contribution in [-0.4, -0.2) is 35.7 Å². The summed E-state index contributed by atoms with van der Waals surface area (Å²) in [4.78, 5) is 15.7. The number of halogens is 1. The zero-order valence-electron chi connectivity index (χ0n) is 21.3. The van der Waals surface area contributed by atoms with Gasteiger partial charge in [-0.25, -0.2) is 13.4 Å². The number of nitrogens with zero attached hydrogens (tertiary/aromatic N) is 2. The zero-order valence-corrected chi connectivity index (χ0v) is 22.9. The SMILES string of the molecule is O=C(O)CCCCOc1ccc2nc(-c3ccccc3)n(-c3cccc(NS(=O)(=O)c4ccc(Cl)cc4)c3)c2c1. The molecule has 204 valence electrons. The lowest BCUT2D eigenvalue weighted by Crippen LogP contribution is -2.13. The van der Waals surface area contributed by atoms with Gasteiger partial charge in [-0.15, -0.1) is 0 Å². The van der Waals surface area contributed by atoms with Crippen molar-refractivity contribution in [3.8, 4) is 22.8 Å². The summed E-state index contributed by atoms with van der Waals surface area (Å²) >= 11 is 5.92. The molecule has 10 heteroatoms. The number of fused-ring (bicyclic) bond motifs is 1. The van der Waals surface area contributed by atoms with E-state index >= 15 is 0 Å². The number of hydrogen-bond acceptors (Lipinski definition) is 5. The van der Waals surface area contributed by atoms with Gasteiger partial charge in [0.05, 0.1) is 28.2 Å². The minimum atomic E-state index is -3.84. The molecule has 0 radical (unpaired) electrons. The zero-order chi connectivity index (χ0) is 28.1. The number of benzene rings is 4. The van der Waals surface area contributed by atoms with Crippen LogP contribution in [0.1, 0.15) is 19.3 Å². The quantitative estimate of drug-likeness (QED) is 0.168. The molecule has 0 saturated carbocycles. The van der Waals surface area contributed by atoms with Gasteiger partial charge in [0.15, 0.2) is 0 Å². The Labute approximate surface area is 236 Å². The summed E-state index contributed by atoms with van der Waals surface area (Å²) in [7, 11) is -3.84. The third kappa shape index (κ3) is 6.27. The molecule has 2 N–H and O–H groups in total. The predicted molar refractivity (Wildman–Crippen MR) is 156 cm³/mol. The molecule has 40 heavy (non-hydrogen) atoms. The van der Waals surface area contributed by atoms with Crippen molar-refractivity contribution in [2.75, 3.05) is 11.3 Å². The second kappa shape index (κ2) is 11.8. The van der Waals surface area contributed by atoms with E-state index in [0.29, 0.717) is 47.4 Å². The average Bonchev–Trinajstić information content (AvgIpc) is 3.32. The summed E-state index contributed by atoms with van der Waals surface area (Å²) in [6.07, 6.45) is 1.26. The molecule has 5 rings (SSSR count). The van der Waals surface area contributed by atoms with Gasteiger partial charge < -0.3 is 9.84 Å². The molecular formula is C30H26ClN3O5S. The molecule has 0 saturated heterocycles. The topological polar surface area (TPSA) is 111 Å². The minimum absolute atomic E-state index is 0.102. The molecule has 8 nitrogen and oxygen atoms in total. The summed E-state index contributed by atoms with van der Waals surface area (Å²) < 4.78 is 36.6. The van der Waals surface area contributed by atoms with E-state index in [9.17, 15) is 13.2 Å². The van der Waals surface area contributed by atoms with E-state index in [1.54, 1.807) is 18.2 Å². The maximum Gasteiger partial charge on any atom is 0.303 e. The van der Waals surface area contributed by atoms with Gasteiger partial charge in [-0.05, 0) is 67.4 Å². The Morgan fingerprint density at radius 2 is 1.70 bits per heavy atom. The number of sulfonamides is 1. The molecule has 0 aliphatic heterocycles. The van der Waals surface area contributed by atoms with Crippen LogP contribution in [-0.2, 0) is 14.8 Å². The Morgan fingerprint density at radius 1 is 0.925 bits per heavy atom. The summed E-state index contributed by atoms with van der Waals surface area (Å²) in [5, 5.41) is 9.29. The maximum atomic E-state index is 13.0. The van der Waals surface area contributed by atoms with E-state index in [0.717, 1.165) is 16.6 Å². The highest BCUT2D eigenvalue weighted by Gasteiger charge is 2.18. The highest BCUT2D eigenvalue weighted by Crippen LogP contribution is 2.32. The number of carboxylic acids is 1. The van der Waals surface area contributed by atoms with Crippen LogP contribution in [0.15, 0.2) is 102 Å². The summed E-state index contributed by atoms with van der Waals surface area (Å²) in [6, 6.07) is 28.4. The normalized spacial score (nSPS) is 11.4. The number of carbonyl (C=O) groups is 1. The van der Waals surface area contributed by atoms with E-state index < -0.39 is 16.0 Å². The van der Waals surface area contributed by atoms with Gasteiger partial charge in [-0.1, -0.05) is 48.0 Å². The fourth-order valence-electron chi connectivity index (χ4n) is 4.29. The largest absolute Gasteiger partial charge is 0.494 e. The molecule has 0 atom stereocenters. The fourth-order valence-corrected chi connectivity index (χ4v) is 5.47. The lowest BCUT2D eigenvalue weighted by molar-refractivity contribution is -0.137. The highest BCUT2D eigenvalue weighted by atomic mass is 35.5. The molecule has 1 heterocycles. The first-order valence-corrected chi connectivity index (χ1v) is 14.5. The van der Waals surface area contributed by atoms with Crippen molar-refractivity contribution < 1.29 is 23.1 Å². The molecule has 0 unspecified atom stereocenters. The van der Waals surface area contributed by atoms with Gasteiger partial charge in [-0.3, -0.25) is 14.1 Å². The van der Waals surface area contributed by atoms with Crippen molar-refractivity contribution in [1.29, 1.82) is 0 Å². The average molecular weight is 576 g/mol. The van der Waals surface area contributed by atoms with Gasteiger partial charge in [0, 0.05) is 28.8 Å². The van der Waals surface area contributed by atoms with Crippen LogP contribution in [0.4, 0.5) is 5.69 Å². The van der Waals surface area contributed by atoms with E-state index in [2.05, 4.69) is 4.72 Å². The molecule has 0 bridgehead atoms. The van der Waals surface area contributed by atoms with E-state index in [4.69, 9.17) is 26.4 Å². The first-order chi connectivity index (χ1) is 19.3. The van der Waals surface area contributed by atoms with Crippen LogP contribution in [0, 0.1) is 0 Å². The first kappa shape index (κ1) is 27.2. The van der Waals surface area contributed by atoms with Gasteiger partial charge in [0.25, 0.3) is 10.0 Å². The monoisotopic (exact) mass is 575 g/mol. The number of aliphatic carboxylic acids is 1. The minimum Gasteiger partial charge on any atom is -0.494 e. The van der Waals surface area contributed by atoms with Crippen LogP contribution in [0.25, 0.3) is 28.1 Å². The lowest BCUT2D eigenvalue weighted by atomic mass is 10.2. The number of nitrogens with one attached hydrogen (secondary N) is 1. The molecule has 0 spiro atoms. The van der Waals surface area contributed by atoms with Gasteiger partial charge in [0.2, 0.25) is 0 Å². The van der Waals surface area contributed by atoms with Crippen molar-refractivity contribution in [2.45, 2.75) is 24.2 Å². The predicted octanol–water partition coefficient (Wildman–Crippen LogP) is 6.78. The van der Waals surface area contributed by atoms with Crippen LogP contribution in [0.3, 0.4) is 0 Å². The molecule has 5 aromatic rings. The third-order valence-corrected chi connectivity index (χ3v) is 7.84. The first-order valence-electron chi connectivity index (χ1n) is 12.6. The van der Waals surface area contributed by atoms with Crippen molar-refractivity contribution in [3.63, 3.8) is 0 Å². The molecule has 4 aromatic carbocycles. The fraction of sp³-hybridized carbons (Fsp3) is 0.133. The Hall–Kier alpha value is -4.34. The summed E-state index contributed by atoms with van der Waals surface area (Å²) in [5.41, 5.74) is 3.50. The summed E-state index contributed by atoms with van der Waals surface area (Å²) in [5.74, 6) is 0.492. The number of rotatable bonds is 11. The number of carboxylic acid groups (broad SMARTS) is 1. The molecule has 0 fully saturated rings. The second-order valence-electron chi connectivity index (χ2n) is 9.10. The number of anilines is 1. The number of aromatic nitrogens is 2. The second-order valence-corrected chi connectivity index (χ2v) is 11.2.